The maximum atomic E-state index is 13.5. The maximum Gasteiger partial charge on any atom is 0.246 e. The van der Waals surface area contributed by atoms with Crippen LogP contribution in [0.25, 0.3) is 5.69 Å². The number of rotatable bonds is 4. The number of amides is 1. The van der Waals surface area contributed by atoms with E-state index in [2.05, 4.69) is 26.4 Å². The molecule has 0 spiro atoms. The van der Waals surface area contributed by atoms with Gasteiger partial charge in [-0.25, -0.2) is 13.5 Å². The second-order valence-electron chi connectivity index (χ2n) is 7.32. The number of anilines is 3. The summed E-state index contributed by atoms with van der Waals surface area (Å²) in [5.74, 6) is -0.940. The van der Waals surface area contributed by atoms with Gasteiger partial charge in [0.15, 0.2) is 0 Å². The Morgan fingerprint density at radius 3 is 2.37 bits per heavy atom. The summed E-state index contributed by atoms with van der Waals surface area (Å²) in [4.78, 5) is 19.8. The van der Waals surface area contributed by atoms with E-state index in [-0.39, 0.29) is 13.0 Å². The summed E-state index contributed by atoms with van der Waals surface area (Å²) in [5.41, 5.74) is 3.17. The van der Waals surface area contributed by atoms with Crippen molar-refractivity contribution in [1.29, 1.82) is 0 Å². The molecule has 2 aromatic carbocycles. The third-order valence-electron chi connectivity index (χ3n) is 5.01. The lowest BCUT2D eigenvalue weighted by molar-refractivity contribution is -0.129. The molecular weight excluding hydrogens is 390 g/mol. The first-order chi connectivity index (χ1) is 14.4. The number of nitrogens with one attached hydrogen (secondary N) is 1. The van der Waals surface area contributed by atoms with Crippen LogP contribution < -0.4 is 10.2 Å². The van der Waals surface area contributed by atoms with Crippen molar-refractivity contribution in [3.8, 4) is 5.69 Å². The molecule has 1 amide bonds. The SMILES string of the molecule is CC(=O)N1CCN(c2cc(C)cc(Nc3ncn(-c4cc(F)cc(F)c4)n3)c2)CC1.[HH]. The van der Waals surface area contributed by atoms with E-state index in [1.54, 1.807) is 6.92 Å². The Kier molecular flexibility index (Phi) is 5.35. The van der Waals surface area contributed by atoms with Crippen molar-refractivity contribution in [2.45, 2.75) is 13.8 Å². The van der Waals surface area contributed by atoms with Gasteiger partial charge in [0.25, 0.3) is 0 Å². The molecule has 30 heavy (non-hydrogen) atoms. The van der Waals surface area contributed by atoms with E-state index in [9.17, 15) is 13.6 Å². The normalized spacial score (nSPS) is 14.1. The Hall–Kier alpha value is -3.49. The molecule has 3 aromatic rings. The number of carbonyl (C=O) groups is 1. The summed E-state index contributed by atoms with van der Waals surface area (Å²) < 4.78 is 28.2. The standard InChI is InChI=1S/C21H22F2N6O.H2/c1-14-7-18(12-19(8-14)28-5-3-27(4-6-28)15(2)30)25-21-24-13-29(26-21)20-10-16(22)9-17(23)11-20;/h7-13H,3-6H2,1-2H3,(H,25,26);1H. The quantitative estimate of drug-likeness (QED) is 0.708. The molecule has 4 rings (SSSR count). The second-order valence-corrected chi connectivity index (χ2v) is 7.32. The minimum Gasteiger partial charge on any atom is -0.368 e. The minimum absolute atomic E-state index is 0. The van der Waals surface area contributed by atoms with Gasteiger partial charge >= 0.3 is 0 Å². The largest absolute Gasteiger partial charge is 0.368 e. The highest BCUT2D eigenvalue weighted by molar-refractivity contribution is 5.73. The van der Waals surface area contributed by atoms with Gasteiger partial charge < -0.3 is 15.1 Å². The average Bonchev–Trinajstić information content (AvgIpc) is 3.15. The molecule has 1 fully saturated rings. The number of aryl methyl sites for hydroxylation is 1. The van der Waals surface area contributed by atoms with E-state index >= 15 is 0 Å². The van der Waals surface area contributed by atoms with E-state index in [4.69, 9.17) is 0 Å². The van der Waals surface area contributed by atoms with Crippen molar-refractivity contribution in [3.63, 3.8) is 0 Å². The molecular formula is C21H24F2N6O. The van der Waals surface area contributed by atoms with Crippen LogP contribution in [0.2, 0.25) is 0 Å². The Morgan fingerprint density at radius 2 is 1.70 bits per heavy atom. The zero-order valence-corrected chi connectivity index (χ0v) is 16.8. The zero-order chi connectivity index (χ0) is 21.3. The zero-order valence-electron chi connectivity index (χ0n) is 16.8. The Morgan fingerprint density at radius 1 is 1.00 bits per heavy atom. The highest BCUT2D eigenvalue weighted by Gasteiger charge is 2.19. The topological polar surface area (TPSA) is 66.3 Å². The number of halogens is 2. The van der Waals surface area contributed by atoms with Gasteiger partial charge in [-0.1, -0.05) is 0 Å². The highest BCUT2D eigenvalue weighted by Crippen LogP contribution is 2.25. The first-order valence-corrected chi connectivity index (χ1v) is 9.65. The second kappa shape index (κ2) is 8.10. The molecule has 7 nitrogen and oxygen atoms in total. The molecule has 2 heterocycles. The predicted octanol–water partition coefficient (Wildman–Crippen LogP) is 3.51. The van der Waals surface area contributed by atoms with Gasteiger partial charge in [0.2, 0.25) is 11.9 Å². The molecule has 0 unspecified atom stereocenters. The van der Waals surface area contributed by atoms with Gasteiger partial charge in [0, 0.05) is 52.0 Å². The number of aromatic nitrogens is 3. The molecule has 1 N–H and O–H groups in total. The average molecular weight is 414 g/mol. The van der Waals surface area contributed by atoms with Crippen LogP contribution in [-0.2, 0) is 4.79 Å². The molecule has 0 saturated carbocycles. The van der Waals surface area contributed by atoms with Crippen molar-refractivity contribution < 1.29 is 15.0 Å². The number of hydrogen-bond acceptors (Lipinski definition) is 5. The van der Waals surface area contributed by atoms with Crippen molar-refractivity contribution in [2.24, 2.45) is 0 Å². The van der Waals surface area contributed by atoms with Crippen LogP contribution >= 0.6 is 0 Å². The Bertz CT molecular complexity index is 1060. The number of benzene rings is 2. The summed E-state index contributed by atoms with van der Waals surface area (Å²) in [6.45, 7) is 6.52. The molecule has 158 valence electrons. The molecule has 0 atom stereocenters. The summed E-state index contributed by atoms with van der Waals surface area (Å²) in [6, 6.07) is 9.25. The molecule has 1 saturated heterocycles. The molecule has 1 aliphatic rings. The summed E-state index contributed by atoms with van der Waals surface area (Å²) in [5, 5.41) is 7.41. The maximum absolute atomic E-state index is 13.5. The molecule has 1 aromatic heterocycles. The molecule has 9 heteroatoms. The van der Waals surface area contributed by atoms with Crippen LogP contribution in [0, 0.1) is 18.6 Å². The molecule has 0 aliphatic carbocycles. The van der Waals surface area contributed by atoms with Crippen molar-refractivity contribution in [1.82, 2.24) is 19.7 Å². The number of nitrogens with zero attached hydrogens (tertiary/aromatic N) is 5. The van der Waals surface area contributed by atoms with E-state index in [0.29, 0.717) is 19.0 Å². The fourth-order valence-electron chi connectivity index (χ4n) is 3.54. The smallest absolute Gasteiger partial charge is 0.246 e. The van der Waals surface area contributed by atoms with E-state index in [1.165, 1.54) is 23.1 Å². The van der Waals surface area contributed by atoms with Crippen molar-refractivity contribution >= 4 is 23.2 Å². The van der Waals surface area contributed by atoms with Gasteiger partial charge in [-0.15, -0.1) is 5.10 Å². The number of hydrogen-bond donors (Lipinski definition) is 1. The number of piperazine rings is 1. The van der Waals surface area contributed by atoms with Gasteiger partial charge in [-0.3, -0.25) is 4.79 Å². The van der Waals surface area contributed by atoms with Gasteiger partial charge in [0.05, 0.1) is 5.69 Å². The van der Waals surface area contributed by atoms with Crippen LogP contribution in [0.15, 0.2) is 42.7 Å². The van der Waals surface area contributed by atoms with Gasteiger partial charge in [-0.05, 0) is 42.8 Å². The number of carbonyl (C=O) groups excluding carboxylic acids is 1. The highest BCUT2D eigenvalue weighted by atomic mass is 19.1. The predicted molar refractivity (Wildman–Crippen MR) is 112 cm³/mol. The van der Waals surface area contributed by atoms with Crippen molar-refractivity contribution in [3.05, 3.63) is 59.9 Å². The lowest BCUT2D eigenvalue weighted by atomic mass is 10.1. The van der Waals surface area contributed by atoms with Crippen LogP contribution in [0.3, 0.4) is 0 Å². The lowest BCUT2D eigenvalue weighted by Crippen LogP contribution is -2.48. The van der Waals surface area contributed by atoms with Crippen LogP contribution in [0.5, 0.6) is 0 Å². The van der Waals surface area contributed by atoms with Gasteiger partial charge in [0.1, 0.15) is 18.0 Å². The van der Waals surface area contributed by atoms with Crippen LogP contribution in [0.4, 0.5) is 26.1 Å². The summed E-state index contributed by atoms with van der Waals surface area (Å²) in [6.07, 6.45) is 1.40. The monoisotopic (exact) mass is 414 g/mol. The first-order valence-electron chi connectivity index (χ1n) is 9.65. The fourth-order valence-corrected chi connectivity index (χ4v) is 3.54. The van der Waals surface area contributed by atoms with E-state index in [0.717, 1.165) is 36.1 Å². The van der Waals surface area contributed by atoms with Gasteiger partial charge in [-0.2, -0.15) is 4.98 Å². The van der Waals surface area contributed by atoms with Crippen LogP contribution in [-0.4, -0.2) is 51.8 Å². The first kappa shape index (κ1) is 19.8. The fraction of sp³-hybridized carbons (Fsp3) is 0.286. The minimum atomic E-state index is -0.678. The summed E-state index contributed by atoms with van der Waals surface area (Å²) in [7, 11) is 0. The molecule has 0 bridgehead atoms. The van der Waals surface area contributed by atoms with Crippen molar-refractivity contribution in [2.75, 3.05) is 36.4 Å². The Labute approximate surface area is 174 Å². The Balaban J connectivity index is 0.00000272. The van der Waals surface area contributed by atoms with E-state index < -0.39 is 11.6 Å². The lowest BCUT2D eigenvalue weighted by Gasteiger charge is -2.36. The molecule has 0 radical (unpaired) electrons. The van der Waals surface area contributed by atoms with E-state index in [1.807, 2.05) is 24.0 Å². The molecule has 1 aliphatic heterocycles. The third kappa shape index (κ3) is 4.40. The third-order valence-corrected chi connectivity index (χ3v) is 5.01. The van der Waals surface area contributed by atoms with Crippen LogP contribution in [0.1, 0.15) is 13.9 Å². The summed E-state index contributed by atoms with van der Waals surface area (Å²) >= 11 is 0.